The van der Waals surface area contributed by atoms with Gasteiger partial charge in [0.1, 0.15) is 10.8 Å². The van der Waals surface area contributed by atoms with Crippen molar-refractivity contribution < 1.29 is 24.1 Å². The van der Waals surface area contributed by atoms with E-state index >= 15 is 0 Å². The van der Waals surface area contributed by atoms with Crippen LogP contribution < -0.4 is 4.74 Å². The number of carbonyl (C=O) groups is 1. The van der Waals surface area contributed by atoms with Gasteiger partial charge in [0.15, 0.2) is 5.82 Å². The summed E-state index contributed by atoms with van der Waals surface area (Å²) in [6, 6.07) is 10.3. The molecule has 0 amide bonds. The zero-order chi connectivity index (χ0) is 24.8. The quantitative estimate of drug-likeness (QED) is 0.396. The van der Waals surface area contributed by atoms with E-state index in [1.807, 2.05) is 24.3 Å². The molecule has 35 heavy (non-hydrogen) atoms. The third kappa shape index (κ3) is 6.28. The Hall–Kier alpha value is -2.75. The largest absolute Gasteiger partial charge is 0.497 e. The highest BCUT2D eigenvalue weighted by atomic mass is 32.2. The number of hydrogen-bond acceptors (Lipinski definition) is 7. The van der Waals surface area contributed by atoms with Gasteiger partial charge in [-0.05, 0) is 73.7 Å². The number of hydrogen-bond donors (Lipinski definition) is 2. The molecular formula is C26H30FN3O4S. The highest BCUT2D eigenvalue weighted by Crippen LogP contribution is 2.34. The summed E-state index contributed by atoms with van der Waals surface area (Å²) in [5.41, 5.74) is 1.56. The van der Waals surface area contributed by atoms with E-state index in [1.54, 1.807) is 25.6 Å². The van der Waals surface area contributed by atoms with Gasteiger partial charge >= 0.3 is 5.97 Å². The number of likely N-dealkylation sites (tertiary alicyclic amines) is 1. The minimum atomic E-state index is -0.809. The van der Waals surface area contributed by atoms with Gasteiger partial charge in [-0.1, -0.05) is 0 Å². The van der Waals surface area contributed by atoms with E-state index in [1.165, 1.54) is 17.8 Å². The van der Waals surface area contributed by atoms with Crippen LogP contribution in [0.4, 0.5) is 4.39 Å². The van der Waals surface area contributed by atoms with Crippen molar-refractivity contribution in [3.05, 3.63) is 60.2 Å². The van der Waals surface area contributed by atoms with Crippen molar-refractivity contribution in [2.75, 3.05) is 32.5 Å². The number of ether oxygens (including phenoxy) is 1. The van der Waals surface area contributed by atoms with Crippen molar-refractivity contribution in [2.24, 2.45) is 11.8 Å². The van der Waals surface area contributed by atoms with Crippen LogP contribution in [0.2, 0.25) is 0 Å². The molecule has 3 aromatic rings. The maximum atomic E-state index is 13.8. The molecule has 1 aliphatic heterocycles. The average molecular weight is 500 g/mol. The van der Waals surface area contributed by atoms with Gasteiger partial charge in [0.2, 0.25) is 0 Å². The molecule has 186 valence electrons. The third-order valence-electron chi connectivity index (χ3n) is 6.68. The number of carboxylic acid groups (broad SMARTS) is 1. The highest BCUT2D eigenvalue weighted by molar-refractivity contribution is 7.99. The monoisotopic (exact) mass is 499 g/mol. The van der Waals surface area contributed by atoms with Gasteiger partial charge in [-0.2, -0.15) is 0 Å². The molecule has 9 heteroatoms. The number of halogens is 1. The van der Waals surface area contributed by atoms with Crippen LogP contribution in [0.25, 0.3) is 10.9 Å². The number of aliphatic carboxylic acids is 1. The normalized spacial score (nSPS) is 19.5. The van der Waals surface area contributed by atoms with Crippen LogP contribution in [0.5, 0.6) is 5.75 Å². The van der Waals surface area contributed by atoms with E-state index in [0.29, 0.717) is 42.5 Å². The summed E-state index contributed by atoms with van der Waals surface area (Å²) < 4.78 is 19.1. The molecule has 1 aromatic carbocycles. The lowest BCUT2D eigenvalue weighted by Gasteiger charge is -2.36. The maximum Gasteiger partial charge on any atom is 0.308 e. The molecule has 0 bridgehead atoms. The Bertz CT molecular complexity index is 1160. The summed E-state index contributed by atoms with van der Waals surface area (Å²) in [6.07, 6.45) is 4.37. The van der Waals surface area contributed by atoms with Gasteiger partial charge in [0.25, 0.3) is 0 Å². The van der Waals surface area contributed by atoms with Crippen molar-refractivity contribution in [3.63, 3.8) is 0 Å². The van der Waals surface area contributed by atoms with Crippen molar-refractivity contribution in [2.45, 2.75) is 30.4 Å². The van der Waals surface area contributed by atoms with Crippen LogP contribution in [0.1, 0.15) is 30.9 Å². The molecule has 7 nitrogen and oxygen atoms in total. The van der Waals surface area contributed by atoms with E-state index in [4.69, 9.17) is 4.74 Å². The molecule has 3 heterocycles. The zero-order valence-corrected chi connectivity index (χ0v) is 20.5. The number of methoxy groups -OCH3 is 1. The number of nitrogens with zero attached hydrogens (tertiary/aromatic N) is 3. The van der Waals surface area contributed by atoms with Crippen LogP contribution in [-0.4, -0.2) is 63.5 Å². The predicted octanol–water partition coefficient (Wildman–Crippen LogP) is 4.41. The van der Waals surface area contributed by atoms with E-state index in [-0.39, 0.29) is 11.7 Å². The Morgan fingerprint density at radius 3 is 2.91 bits per heavy atom. The lowest BCUT2D eigenvalue weighted by Crippen LogP contribution is -2.44. The van der Waals surface area contributed by atoms with Crippen LogP contribution >= 0.6 is 11.8 Å². The summed E-state index contributed by atoms with van der Waals surface area (Å²) in [5.74, 6) is -0.317. The SMILES string of the molecule is COc1ccc2nccc(C(O)CC[C@@H]3CCN(CCSc4ncccc4F)C[C@@H]3C(=O)O)c2c1. The smallest absolute Gasteiger partial charge is 0.308 e. The minimum absolute atomic E-state index is 0.0121. The Morgan fingerprint density at radius 1 is 1.29 bits per heavy atom. The number of benzene rings is 1. The van der Waals surface area contributed by atoms with Crippen molar-refractivity contribution in [1.29, 1.82) is 0 Å². The first kappa shape index (κ1) is 25.3. The number of carboxylic acids is 1. The van der Waals surface area contributed by atoms with Crippen LogP contribution in [0.3, 0.4) is 0 Å². The van der Waals surface area contributed by atoms with E-state index < -0.39 is 18.0 Å². The number of rotatable bonds is 10. The Labute approximate surface area is 208 Å². The second-order valence-electron chi connectivity index (χ2n) is 8.81. The standard InChI is InChI=1S/C26H30FN3O4S/c1-34-18-5-6-23-20(15-18)19(8-11-28-23)24(31)7-4-17-9-12-30(16-21(17)26(32)33)13-14-35-25-22(27)3-2-10-29-25/h2-3,5-6,8,10-11,15,17,21,24,31H,4,7,9,12-14,16H2,1H3,(H,32,33)/t17-,21+,24?/m1/s1. The Kier molecular flexibility index (Phi) is 8.54. The first-order valence-electron chi connectivity index (χ1n) is 11.8. The maximum absolute atomic E-state index is 13.8. The number of piperidine rings is 1. The van der Waals surface area contributed by atoms with Gasteiger partial charge in [0.05, 0.1) is 24.6 Å². The zero-order valence-electron chi connectivity index (χ0n) is 19.6. The number of aliphatic hydroxyl groups excluding tert-OH is 1. The molecule has 3 atom stereocenters. The van der Waals surface area contributed by atoms with Crippen LogP contribution in [0.15, 0.2) is 53.8 Å². The van der Waals surface area contributed by atoms with Gasteiger partial charge in [-0.15, -0.1) is 11.8 Å². The fourth-order valence-corrected chi connectivity index (χ4v) is 5.62. The summed E-state index contributed by atoms with van der Waals surface area (Å²) in [6.45, 7) is 1.91. The summed E-state index contributed by atoms with van der Waals surface area (Å²) in [5, 5.41) is 22.0. The molecule has 0 aliphatic carbocycles. The Balaban J connectivity index is 1.34. The molecule has 2 aromatic heterocycles. The molecule has 4 rings (SSSR count). The lowest BCUT2D eigenvalue weighted by atomic mass is 9.81. The van der Waals surface area contributed by atoms with Crippen molar-refractivity contribution in [3.8, 4) is 5.75 Å². The summed E-state index contributed by atoms with van der Waals surface area (Å²) in [7, 11) is 1.60. The van der Waals surface area contributed by atoms with Crippen LogP contribution in [0, 0.1) is 17.7 Å². The molecule has 0 saturated carbocycles. The van der Waals surface area contributed by atoms with E-state index in [2.05, 4.69) is 14.9 Å². The number of aliphatic hydroxyl groups is 1. The average Bonchev–Trinajstić information content (AvgIpc) is 2.88. The first-order chi connectivity index (χ1) is 17.0. The molecule has 1 saturated heterocycles. The van der Waals surface area contributed by atoms with Gasteiger partial charge in [0, 0.05) is 36.6 Å². The van der Waals surface area contributed by atoms with Gasteiger partial charge in [-0.25, -0.2) is 9.37 Å². The molecule has 0 spiro atoms. The first-order valence-corrected chi connectivity index (χ1v) is 12.7. The number of thioether (sulfide) groups is 1. The van der Waals surface area contributed by atoms with E-state index in [9.17, 15) is 19.4 Å². The van der Waals surface area contributed by atoms with Gasteiger partial charge < -0.3 is 19.8 Å². The second-order valence-corrected chi connectivity index (χ2v) is 9.89. The summed E-state index contributed by atoms with van der Waals surface area (Å²) in [4.78, 5) is 22.6. The fraction of sp³-hybridized carbons (Fsp3) is 0.423. The lowest BCUT2D eigenvalue weighted by molar-refractivity contribution is -0.146. The molecule has 1 unspecified atom stereocenters. The van der Waals surface area contributed by atoms with Gasteiger partial charge in [-0.3, -0.25) is 9.78 Å². The summed E-state index contributed by atoms with van der Waals surface area (Å²) >= 11 is 1.34. The molecular weight excluding hydrogens is 469 g/mol. The van der Waals surface area contributed by atoms with Crippen molar-refractivity contribution in [1.82, 2.24) is 14.9 Å². The number of fused-ring (bicyclic) bond motifs is 1. The fourth-order valence-electron chi connectivity index (χ4n) is 4.74. The predicted molar refractivity (Wildman–Crippen MR) is 133 cm³/mol. The van der Waals surface area contributed by atoms with Crippen LogP contribution in [-0.2, 0) is 4.79 Å². The Morgan fingerprint density at radius 2 is 2.14 bits per heavy atom. The highest BCUT2D eigenvalue weighted by Gasteiger charge is 2.34. The number of pyridine rings is 2. The minimum Gasteiger partial charge on any atom is -0.497 e. The molecule has 1 aliphatic rings. The second kappa shape index (κ2) is 11.8. The van der Waals surface area contributed by atoms with Crippen molar-refractivity contribution >= 4 is 28.6 Å². The third-order valence-corrected chi connectivity index (χ3v) is 7.64. The molecule has 2 N–H and O–H groups in total. The molecule has 1 fully saturated rings. The topological polar surface area (TPSA) is 95.8 Å². The molecule has 0 radical (unpaired) electrons. The van der Waals surface area contributed by atoms with E-state index in [0.717, 1.165) is 29.4 Å². The number of aromatic nitrogens is 2.